The van der Waals surface area contributed by atoms with Crippen LogP contribution in [0.4, 0.5) is 0 Å². The molecule has 2 heterocycles. The third-order valence-corrected chi connectivity index (χ3v) is 7.77. The fourth-order valence-corrected chi connectivity index (χ4v) is 5.48. The van der Waals surface area contributed by atoms with E-state index in [1.807, 2.05) is 48.7 Å². The highest BCUT2D eigenvalue weighted by Gasteiger charge is 2.13. The Kier molecular flexibility index (Phi) is 7.38. The first kappa shape index (κ1) is 26.6. The second kappa shape index (κ2) is 11.9. The number of benzene rings is 5. The molecule has 4 nitrogen and oxygen atoms in total. The van der Waals surface area contributed by atoms with E-state index in [0.717, 1.165) is 54.5 Å². The molecule has 0 saturated carbocycles. The maximum absolute atomic E-state index is 4.97. The number of halogens is 1. The van der Waals surface area contributed by atoms with Crippen molar-refractivity contribution < 1.29 is 0 Å². The average molecular weight is 618 g/mol. The van der Waals surface area contributed by atoms with Crippen molar-refractivity contribution in [1.29, 1.82) is 0 Å². The van der Waals surface area contributed by atoms with E-state index in [4.69, 9.17) is 15.0 Å². The maximum atomic E-state index is 4.97. The van der Waals surface area contributed by atoms with Crippen molar-refractivity contribution >= 4 is 15.9 Å². The van der Waals surface area contributed by atoms with Gasteiger partial charge >= 0.3 is 0 Å². The minimum Gasteiger partial charge on any atom is -0.264 e. The maximum Gasteiger partial charge on any atom is 0.164 e. The average Bonchev–Trinajstić information content (AvgIpc) is 3.09. The zero-order valence-corrected chi connectivity index (χ0v) is 24.7. The van der Waals surface area contributed by atoms with Crippen molar-refractivity contribution in [2.45, 2.75) is 0 Å². The third-order valence-electron chi connectivity index (χ3n) is 7.28. The summed E-state index contributed by atoms with van der Waals surface area (Å²) in [5.74, 6) is 1.90. The molecule has 0 aliphatic rings. The fourth-order valence-electron chi connectivity index (χ4n) is 5.08. The Morgan fingerprint density at radius 1 is 0.349 bits per heavy atom. The summed E-state index contributed by atoms with van der Waals surface area (Å²) in [6.45, 7) is 0. The Bertz CT molecular complexity index is 2020. The van der Waals surface area contributed by atoms with Gasteiger partial charge in [0.2, 0.25) is 0 Å². The van der Waals surface area contributed by atoms with Crippen LogP contribution < -0.4 is 0 Å². The van der Waals surface area contributed by atoms with E-state index in [2.05, 4.69) is 118 Å². The molecule has 204 valence electrons. The first-order chi connectivity index (χ1) is 21.2. The first-order valence-electron chi connectivity index (χ1n) is 14.0. The molecule has 0 aliphatic carbocycles. The summed E-state index contributed by atoms with van der Waals surface area (Å²) in [7, 11) is 0. The van der Waals surface area contributed by atoms with Gasteiger partial charge in [0.15, 0.2) is 17.5 Å². The minimum atomic E-state index is 0.628. The van der Waals surface area contributed by atoms with Crippen LogP contribution in [0.5, 0.6) is 0 Å². The summed E-state index contributed by atoms with van der Waals surface area (Å²) in [6.07, 6.45) is 3.65. The fraction of sp³-hybridized carbons (Fsp3) is 0. The van der Waals surface area contributed by atoms with Gasteiger partial charge in [-0.3, -0.25) is 4.98 Å². The van der Waals surface area contributed by atoms with Gasteiger partial charge in [0.05, 0.1) is 0 Å². The predicted octanol–water partition coefficient (Wildman–Crippen LogP) is 10.0. The van der Waals surface area contributed by atoms with E-state index >= 15 is 0 Å². The SMILES string of the molecule is Brc1cccc(-c2cccc(-c3cccc(-c4nc(-c5ccccc5)nc(-c5ccc(-c6cccnc6)cc5)n4)c3)c2)c1. The molecule has 0 N–H and O–H groups in total. The lowest BCUT2D eigenvalue weighted by Crippen LogP contribution is -2.00. The van der Waals surface area contributed by atoms with Crippen molar-refractivity contribution in [3.05, 3.63) is 156 Å². The molecule has 0 unspecified atom stereocenters. The van der Waals surface area contributed by atoms with Crippen LogP contribution >= 0.6 is 15.9 Å². The van der Waals surface area contributed by atoms with Crippen LogP contribution in [0.3, 0.4) is 0 Å². The third kappa shape index (κ3) is 5.89. The number of rotatable bonds is 6. The van der Waals surface area contributed by atoms with Crippen LogP contribution in [0.25, 0.3) is 67.5 Å². The van der Waals surface area contributed by atoms with E-state index in [9.17, 15) is 0 Å². The summed E-state index contributed by atoms with van der Waals surface area (Å²) >= 11 is 3.60. The van der Waals surface area contributed by atoms with Crippen LogP contribution in [0.15, 0.2) is 156 Å². The van der Waals surface area contributed by atoms with Crippen LogP contribution in [0.2, 0.25) is 0 Å². The van der Waals surface area contributed by atoms with Crippen molar-refractivity contribution in [3.8, 4) is 67.5 Å². The van der Waals surface area contributed by atoms with Gasteiger partial charge in [-0.15, -0.1) is 0 Å². The van der Waals surface area contributed by atoms with Crippen LogP contribution in [-0.4, -0.2) is 19.9 Å². The standard InChI is InChI=1S/C38H25BrN4/c39-35-16-6-13-32(24-35)30-11-4-10-29(22-30)31-12-5-14-33(23-31)38-42-36(27-8-2-1-3-9-27)41-37(43-38)28-19-17-26(18-20-28)34-15-7-21-40-25-34/h1-25H. The summed E-state index contributed by atoms with van der Waals surface area (Å²) in [5, 5.41) is 0. The normalized spacial score (nSPS) is 10.9. The molecular weight excluding hydrogens is 592 g/mol. The van der Waals surface area contributed by atoms with Crippen molar-refractivity contribution in [3.63, 3.8) is 0 Å². The van der Waals surface area contributed by atoms with E-state index in [1.54, 1.807) is 6.20 Å². The quantitative estimate of drug-likeness (QED) is 0.186. The zero-order valence-electron chi connectivity index (χ0n) is 23.1. The lowest BCUT2D eigenvalue weighted by molar-refractivity contribution is 1.07. The molecule has 0 saturated heterocycles. The van der Waals surface area contributed by atoms with Crippen LogP contribution in [-0.2, 0) is 0 Å². The summed E-state index contributed by atoms with van der Waals surface area (Å²) < 4.78 is 1.06. The minimum absolute atomic E-state index is 0.628. The lowest BCUT2D eigenvalue weighted by atomic mass is 9.98. The Labute approximate surface area is 259 Å². The number of nitrogens with zero attached hydrogens (tertiary/aromatic N) is 4. The molecule has 0 amide bonds. The van der Waals surface area contributed by atoms with E-state index in [0.29, 0.717) is 17.5 Å². The van der Waals surface area contributed by atoms with Crippen molar-refractivity contribution in [1.82, 2.24) is 19.9 Å². The van der Waals surface area contributed by atoms with Gasteiger partial charge < -0.3 is 0 Å². The van der Waals surface area contributed by atoms with Crippen LogP contribution in [0, 0.1) is 0 Å². The molecule has 5 heteroatoms. The molecule has 0 spiro atoms. The summed E-state index contributed by atoms with van der Waals surface area (Å²) in [6, 6.07) is 47.7. The monoisotopic (exact) mass is 616 g/mol. The van der Waals surface area contributed by atoms with Crippen LogP contribution in [0.1, 0.15) is 0 Å². The number of hydrogen-bond acceptors (Lipinski definition) is 4. The highest BCUT2D eigenvalue weighted by molar-refractivity contribution is 9.10. The smallest absolute Gasteiger partial charge is 0.164 e. The second-order valence-corrected chi connectivity index (χ2v) is 11.1. The Morgan fingerprint density at radius 2 is 0.814 bits per heavy atom. The van der Waals surface area contributed by atoms with Gasteiger partial charge in [-0.05, 0) is 63.7 Å². The molecule has 5 aromatic carbocycles. The Balaban J connectivity index is 1.29. The second-order valence-electron chi connectivity index (χ2n) is 10.2. The molecule has 43 heavy (non-hydrogen) atoms. The molecule has 7 rings (SSSR count). The molecule has 7 aromatic rings. The largest absolute Gasteiger partial charge is 0.264 e. The highest BCUT2D eigenvalue weighted by Crippen LogP contribution is 2.31. The van der Waals surface area contributed by atoms with Gasteiger partial charge in [-0.2, -0.15) is 0 Å². The lowest BCUT2D eigenvalue weighted by Gasteiger charge is -2.11. The molecule has 0 bridgehead atoms. The van der Waals surface area contributed by atoms with Gasteiger partial charge in [-0.1, -0.05) is 125 Å². The van der Waals surface area contributed by atoms with Gasteiger partial charge in [0.25, 0.3) is 0 Å². The van der Waals surface area contributed by atoms with Crippen molar-refractivity contribution in [2.24, 2.45) is 0 Å². The number of aromatic nitrogens is 4. The summed E-state index contributed by atoms with van der Waals surface area (Å²) in [4.78, 5) is 19.1. The Morgan fingerprint density at radius 3 is 1.42 bits per heavy atom. The zero-order chi connectivity index (χ0) is 29.0. The molecule has 0 radical (unpaired) electrons. The van der Waals surface area contributed by atoms with E-state index in [1.165, 1.54) is 0 Å². The van der Waals surface area contributed by atoms with E-state index < -0.39 is 0 Å². The number of pyridine rings is 1. The van der Waals surface area contributed by atoms with E-state index in [-0.39, 0.29) is 0 Å². The first-order valence-corrected chi connectivity index (χ1v) is 14.8. The molecular formula is C38H25BrN4. The highest BCUT2D eigenvalue weighted by atomic mass is 79.9. The van der Waals surface area contributed by atoms with Gasteiger partial charge in [-0.25, -0.2) is 15.0 Å². The molecule has 2 aromatic heterocycles. The molecule has 0 atom stereocenters. The predicted molar refractivity (Wildman–Crippen MR) is 178 cm³/mol. The summed E-state index contributed by atoms with van der Waals surface area (Å²) in [5.41, 5.74) is 9.50. The topological polar surface area (TPSA) is 51.6 Å². The Hall–Kier alpha value is -5.26. The number of hydrogen-bond donors (Lipinski definition) is 0. The molecule has 0 fully saturated rings. The van der Waals surface area contributed by atoms with Crippen molar-refractivity contribution in [2.75, 3.05) is 0 Å². The van der Waals surface area contributed by atoms with Gasteiger partial charge in [0.1, 0.15) is 0 Å². The van der Waals surface area contributed by atoms with Gasteiger partial charge in [0, 0.05) is 33.6 Å². The molecule has 0 aliphatic heterocycles.